The topological polar surface area (TPSA) is 38.9 Å². The molecule has 0 aliphatic carbocycles. The van der Waals surface area contributed by atoms with Crippen molar-refractivity contribution >= 4 is 5.82 Å². The second kappa shape index (κ2) is 4.49. The predicted octanol–water partition coefficient (Wildman–Crippen LogP) is 3.63. The number of halogens is 5. The van der Waals surface area contributed by atoms with Gasteiger partial charge in [0, 0.05) is 5.56 Å². The molecule has 0 fully saturated rings. The number of pyridine rings is 1. The van der Waals surface area contributed by atoms with Gasteiger partial charge in [-0.05, 0) is 23.8 Å². The van der Waals surface area contributed by atoms with E-state index in [0.717, 1.165) is 18.2 Å². The standard InChI is InChI=1S/C12H7F5N2/c13-8-3-1-2-7(11(8)14)6-4-9(12(15,16)17)19-10(18)5-6/h1-5H,(H2,18,19). The van der Waals surface area contributed by atoms with Crippen molar-refractivity contribution in [2.24, 2.45) is 0 Å². The Morgan fingerprint density at radius 1 is 1.05 bits per heavy atom. The van der Waals surface area contributed by atoms with Crippen molar-refractivity contribution in [3.05, 3.63) is 47.7 Å². The summed E-state index contributed by atoms with van der Waals surface area (Å²) in [5.41, 5.74) is 3.51. The highest BCUT2D eigenvalue weighted by Gasteiger charge is 2.33. The molecule has 0 aliphatic rings. The molecule has 2 N–H and O–H groups in total. The Bertz CT molecular complexity index is 622. The van der Waals surface area contributed by atoms with Gasteiger partial charge in [-0.2, -0.15) is 13.2 Å². The average molecular weight is 274 g/mol. The van der Waals surface area contributed by atoms with E-state index in [2.05, 4.69) is 4.98 Å². The maximum atomic E-state index is 13.5. The van der Waals surface area contributed by atoms with E-state index >= 15 is 0 Å². The molecule has 2 aromatic rings. The molecule has 1 heterocycles. The number of nitrogens with zero attached hydrogens (tertiary/aromatic N) is 1. The highest BCUT2D eigenvalue weighted by molar-refractivity contribution is 5.67. The fraction of sp³-hybridized carbons (Fsp3) is 0.0833. The van der Waals surface area contributed by atoms with Gasteiger partial charge in [-0.3, -0.25) is 0 Å². The predicted molar refractivity (Wildman–Crippen MR) is 59.0 cm³/mol. The van der Waals surface area contributed by atoms with Gasteiger partial charge in [-0.25, -0.2) is 13.8 Å². The van der Waals surface area contributed by atoms with Crippen LogP contribution in [0.2, 0.25) is 0 Å². The minimum atomic E-state index is -4.71. The summed E-state index contributed by atoms with van der Waals surface area (Å²) in [6.45, 7) is 0. The lowest BCUT2D eigenvalue weighted by Gasteiger charge is -2.10. The van der Waals surface area contributed by atoms with Gasteiger partial charge in [0.1, 0.15) is 11.5 Å². The third-order valence-electron chi connectivity index (χ3n) is 2.40. The van der Waals surface area contributed by atoms with Crippen LogP contribution < -0.4 is 5.73 Å². The van der Waals surface area contributed by atoms with E-state index in [1.807, 2.05) is 0 Å². The molecule has 0 bridgehead atoms. The Labute approximate surface area is 104 Å². The maximum Gasteiger partial charge on any atom is 0.433 e. The lowest BCUT2D eigenvalue weighted by Crippen LogP contribution is -2.10. The summed E-state index contributed by atoms with van der Waals surface area (Å²) in [7, 11) is 0. The van der Waals surface area contributed by atoms with E-state index < -0.39 is 29.3 Å². The van der Waals surface area contributed by atoms with Crippen molar-refractivity contribution in [1.29, 1.82) is 0 Å². The first-order valence-electron chi connectivity index (χ1n) is 5.08. The first-order valence-corrected chi connectivity index (χ1v) is 5.08. The molecule has 0 saturated carbocycles. The molecule has 0 aliphatic heterocycles. The first-order chi connectivity index (χ1) is 8.79. The van der Waals surface area contributed by atoms with Crippen molar-refractivity contribution in [3.63, 3.8) is 0 Å². The zero-order chi connectivity index (χ0) is 14.2. The molecule has 0 unspecified atom stereocenters. The average Bonchev–Trinajstić information content (AvgIpc) is 2.31. The monoisotopic (exact) mass is 274 g/mol. The Morgan fingerprint density at radius 3 is 2.37 bits per heavy atom. The number of aromatic nitrogens is 1. The molecule has 0 spiro atoms. The van der Waals surface area contributed by atoms with Gasteiger partial charge >= 0.3 is 6.18 Å². The molecule has 0 atom stereocenters. The molecule has 1 aromatic heterocycles. The molecule has 0 radical (unpaired) electrons. The number of alkyl halides is 3. The van der Waals surface area contributed by atoms with E-state index in [-0.39, 0.29) is 11.1 Å². The van der Waals surface area contributed by atoms with Gasteiger partial charge < -0.3 is 5.73 Å². The van der Waals surface area contributed by atoms with Crippen LogP contribution in [0.25, 0.3) is 11.1 Å². The summed E-state index contributed by atoms with van der Waals surface area (Å²) >= 11 is 0. The van der Waals surface area contributed by atoms with E-state index in [1.165, 1.54) is 6.07 Å². The number of rotatable bonds is 1. The molecule has 2 nitrogen and oxygen atoms in total. The number of nitrogen functional groups attached to an aromatic ring is 1. The number of hydrogen-bond acceptors (Lipinski definition) is 2. The van der Waals surface area contributed by atoms with Crippen LogP contribution >= 0.6 is 0 Å². The highest BCUT2D eigenvalue weighted by Crippen LogP contribution is 2.33. The van der Waals surface area contributed by atoms with Gasteiger partial charge in [-0.15, -0.1) is 0 Å². The molecular formula is C12H7F5N2. The van der Waals surface area contributed by atoms with Gasteiger partial charge in [0.25, 0.3) is 0 Å². The van der Waals surface area contributed by atoms with Gasteiger partial charge in [0.05, 0.1) is 0 Å². The zero-order valence-corrected chi connectivity index (χ0v) is 9.30. The first kappa shape index (κ1) is 13.3. The zero-order valence-electron chi connectivity index (χ0n) is 9.30. The van der Waals surface area contributed by atoms with Crippen molar-refractivity contribution in [2.45, 2.75) is 6.18 Å². The van der Waals surface area contributed by atoms with Crippen LogP contribution in [0, 0.1) is 11.6 Å². The third-order valence-corrected chi connectivity index (χ3v) is 2.40. The molecular weight excluding hydrogens is 267 g/mol. The normalized spacial score (nSPS) is 11.6. The SMILES string of the molecule is Nc1cc(-c2cccc(F)c2F)cc(C(F)(F)F)n1. The fourth-order valence-electron chi connectivity index (χ4n) is 1.58. The van der Waals surface area contributed by atoms with Crippen LogP contribution in [0.3, 0.4) is 0 Å². The molecule has 19 heavy (non-hydrogen) atoms. The lowest BCUT2D eigenvalue weighted by atomic mass is 10.0. The number of benzene rings is 1. The van der Waals surface area contributed by atoms with Crippen LogP contribution in [0.15, 0.2) is 30.3 Å². The second-order valence-corrected chi connectivity index (χ2v) is 3.77. The van der Waals surface area contributed by atoms with Crippen molar-refractivity contribution in [3.8, 4) is 11.1 Å². The highest BCUT2D eigenvalue weighted by atomic mass is 19.4. The van der Waals surface area contributed by atoms with Gasteiger partial charge in [-0.1, -0.05) is 12.1 Å². The van der Waals surface area contributed by atoms with E-state index in [9.17, 15) is 22.0 Å². The minimum absolute atomic E-state index is 0.183. The minimum Gasteiger partial charge on any atom is -0.384 e. The van der Waals surface area contributed by atoms with E-state index in [0.29, 0.717) is 6.07 Å². The second-order valence-electron chi connectivity index (χ2n) is 3.77. The summed E-state index contributed by atoms with van der Waals surface area (Å²) in [5, 5.41) is 0. The Kier molecular flexibility index (Phi) is 3.13. The van der Waals surface area contributed by atoms with E-state index in [4.69, 9.17) is 5.73 Å². The number of hydrogen-bond donors (Lipinski definition) is 1. The molecule has 0 amide bonds. The molecule has 1 aromatic carbocycles. The summed E-state index contributed by atoms with van der Waals surface area (Å²) in [6, 6.07) is 4.89. The summed E-state index contributed by atoms with van der Waals surface area (Å²) in [5.74, 6) is -2.81. The van der Waals surface area contributed by atoms with E-state index in [1.54, 1.807) is 0 Å². The fourth-order valence-corrected chi connectivity index (χ4v) is 1.58. The van der Waals surface area contributed by atoms with Crippen LogP contribution in [-0.2, 0) is 6.18 Å². The molecule has 2 rings (SSSR count). The maximum absolute atomic E-state index is 13.5. The largest absolute Gasteiger partial charge is 0.433 e. The van der Waals surface area contributed by atoms with Crippen LogP contribution in [-0.4, -0.2) is 4.98 Å². The van der Waals surface area contributed by atoms with Crippen LogP contribution in [0.1, 0.15) is 5.69 Å². The van der Waals surface area contributed by atoms with Gasteiger partial charge in [0.2, 0.25) is 0 Å². The number of nitrogens with two attached hydrogens (primary N) is 1. The molecule has 100 valence electrons. The summed E-state index contributed by atoms with van der Waals surface area (Å²) in [6.07, 6.45) is -4.71. The van der Waals surface area contributed by atoms with Crippen molar-refractivity contribution in [2.75, 3.05) is 5.73 Å². The summed E-state index contributed by atoms with van der Waals surface area (Å²) in [4.78, 5) is 3.12. The third kappa shape index (κ3) is 2.64. The lowest BCUT2D eigenvalue weighted by molar-refractivity contribution is -0.141. The quantitative estimate of drug-likeness (QED) is 0.806. The van der Waals surface area contributed by atoms with Crippen LogP contribution in [0.5, 0.6) is 0 Å². The number of anilines is 1. The Balaban J connectivity index is 2.63. The van der Waals surface area contributed by atoms with Gasteiger partial charge in [0.15, 0.2) is 11.6 Å². The van der Waals surface area contributed by atoms with Crippen molar-refractivity contribution in [1.82, 2.24) is 4.98 Å². The Hall–Kier alpha value is -2.18. The Morgan fingerprint density at radius 2 is 1.74 bits per heavy atom. The summed E-state index contributed by atoms with van der Waals surface area (Å²) < 4.78 is 64.3. The smallest absolute Gasteiger partial charge is 0.384 e. The van der Waals surface area contributed by atoms with Crippen LogP contribution in [0.4, 0.5) is 27.8 Å². The molecule has 0 saturated heterocycles. The van der Waals surface area contributed by atoms with Crippen molar-refractivity contribution < 1.29 is 22.0 Å². The molecule has 7 heteroatoms.